The largest absolute Gasteiger partial charge is 0.338 e. The third-order valence-electron chi connectivity index (χ3n) is 1.45. The van der Waals surface area contributed by atoms with E-state index in [-0.39, 0.29) is 0 Å². The summed E-state index contributed by atoms with van der Waals surface area (Å²) in [5.41, 5.74) is 0.400. The summed E-state index contributed by atoms with van der Waals surface area (Å²) in [5, 5.41) is 0.343. The number of aromatic nitrogens is 3. The fourth-order valence-corrected chi connectivity index (χ4v) is 0.950. The molecule has 0 saturated carbocycles. The number of nitrogens with zero attached hydrogens (tertiary/aromatic N) is 3. The van der Waals surface area contributed by atoms with Gasteiger partial charge in [-0.05, 0) is 0 Å². The van der Waals surface area contributed by atoms with Crippen molar-refractivity contribution in [3.63, 3.8) is 0 Å². The topological polar surface area (TPSA) is 56.7 Å². The molecule has 2 heterocycles. The van der Waals surface area contributed by atoms with E-state index in [1.807, 2.05) is 0 Å². The Morgan fingerprint density at radius 1 is 1.55 bits per heavy atom. The zero-order chi connectivity index (χ0) is 7.84. The molecule has 5 heteroatoms. The third kappa shape index (κ3) is 0.739. The fraction of sp³-hybridized carbons (Fsp3) is 0. The van der Waals surface area contributed by atoms with Crippen molar-refractivity contribution in [1.29, 1.82) is 0 Å². The summed E-state index contributed by atoms with van der Waals surface area (Å²) in [7, 11) is 0. The molecule has 0 saturated heterocycles. The van der Waals surface area contributed by atoms with Gasteiger partial charge in [0.15, 0.2) is 11.5 Å². The Bertz CT molecular complexity index is 358. The van der Waals surface area contributed by atoms with E-state index in [0.717, 1.165) is 4.68 Å². The van der Waals surface area contributed by atoms with Gasteiger partial charge in [-0.2, -0.15) is 0 Å². The molecule has 2 aromatic rings. The van der Waals surface area contributed by atoms with Gasteiger partial charge in [-0.1, -0.05) is 0 Å². The Balaban J connectivity index is 2.95. The monoisotopic (exact) mass is 152 g/mol. The number of fused-ring (bicyclic) bond motifs is 1. The maximum absolute atomic E-state index is 12.8. The van der Waals surface area contributed by atoms with Crippen LogP contribution in [0.2, 0.25) is 0 Å². The van der Waals surface area contributed by atoms with E-state index in [9.17, 15) is 4.39 Å². The van der Waals surface area contributed by atoms with Gasteiger partial charge in [0.25, 0.3) is 0 Å². The number of hydrogen-bond acceptors (Lipinski definition) is 3. The Labute approximate surface area is 61.4 Å². The molecule has 0 atom stereocenters. The molecule has 0 bridgehead atoms. The Morgan fingerprint density at radius 3 is 3.09 bits per heavy atom. The molecule has 2 rings (SSSR count). The Morgan fingerprint density at radius 2 is 2.36 bits per heavy atom. The molecular formula is C6H5FN4. The lowest BCUT2D eigenvalue weighted by atomic mass is 10.4. The van der Waals surface area contributed by atoms with E-state index in [4.69, 9.17) is 5.84 Å². The van der Waals surface area contributed by atoms with Crippen LogP contribution in [0.4, 0.5) is 4.39 Å². The predicted molar refractivity (Wildman–Crippen MR) is 37.6 cm³/mol. The molecule has 0 aliphatic carbocycles. The third-order valence-corrected chi connectivity index (χ3v) is 1.45. The van der Waals surface area contributed by atoms with Gasteiger partial charge in [0.1, 0.15) is 6.33 Å². The van der Waals surface area contributed by atoms with Gasteiger partial charge < -0.3 is 5.84 Å². The molecule has 0 amide bonds. The predicted octanol–water partition coefficient (Wildman–Crippen LogP) is 0.284. The van der Waals surface area contributed by atoms with Crippen molar-refractivity contribution in [3.8, 4) is 0 Å². The van der Waals surface area contributed by atoms with Crippen molar-refractivity contribution < 1.29 is 4.39 Å². The highest BCUT2D eigenvalue weighted by molar-refractivity contribution is 5.75. The summed E-state index contributed by atoms with van der Waals surface area (Å²) >= 11 is 0. The lowest BCUT2D eigenvalue weighted by Gasteiger charge is -1.90. The molecule has 0 aromatic carbocycles. The second-order valence-electron chi connectivity index (χ2n) is 2.14. The average molecular weight is 152 g/mol. The van der Waals surface area contributed by atoms with Crippen LogP contribution < -0.4 is 5.84 Å². The second kappa shape index (κ2) is 1.91. The van der Waals surface area contributed by atoms with Crippen molar-refractivity contribution in [3.05, 3.63) is 24.5 Å². The van der Waals surface area contributed by atoms with Crippen LogP contribution in [0, 0.1) is 5.82 Å². The first-order valence-corrected chi connectivity index (χ1v) is 3.00. The van der Waals surface area contributed by atoms with Crippen LogP contribution in [-0.2, 0) is 0 Å². The quantitative estimate of drug-likeness (QED) is 0.552. The summed E-state index contributed by atoms with van der Waals surface area (Å²) in [6, 6.07) is 0. The Hall–Kier alpha value is -1.65. The lowest BCUT2D eigenvalue weighted by Crippen LogP contribution is -2.06. The van der Waals surface area contributed by atoms with Crippen LogP contribution in [0.15, 0.2) is 18.7 Å². The smallest absolute Gasteiger partial charge is 0.164 e. The van der Waals surface area contributed by atoms with E-state index < -0.39 is 5.82 Å². The maximum Gasteiger partial charge on any atom is 0.164 e. The number of rotatable bonds is 0. The number of halogens is 1. The van der Waals surface area contributed by atoms with Gasteiger partial charge >= 0.3 is 0 Å². The molecule has 56 valence electrons. The number of hydrogen-bond donors (Lipinski definition) is 1. The molecule has 0 fully saturated rings. The van der Waals surface area contributed by atoms with Crippen LogP contribution in [0.3, 0.4) is 0 Å². The van der Waals surface area contributed by atoms with Crippen LogP contribution in [0.5, 0.6) is 0 Å². The SMILES string of the molecule is Nn1cc(F)c2cncnc21. The summed E-state index contributed by atoms with van der Waals surface area (Å²) in [5.74, 6) is 4.96. The van der Waals surface area contributed by atoms with Gasteiger partial charge in [-0.25, -0.2) is 19.0 Å². The molecule has 0 spiro atoms. The van der Waals surface area contributed by atoms with E-state index in [0.29, 0.717) is 11.0 Å². The molecule has 0 unspecified atom stereocenters. The summed E-state index contributed by atoms with van der Waals surface area (Å²) in [4.78, 5) is 7.46. The molecule has 11 heavy (non-hydrogen) atoms. The van der Waals surface area contributed by atoms with E-state index >= 15 is 0 Å². The van der Waals surface area contributed by atoms with Gasteiger partial charge in [0.2, 0.25) is 0 Å². The molecule has 2 N–H and O–H groups in total. The normalized spacial score (nSPS) is 10.6. The lowest BCUT2D eigenvalue weighted by molar-refractivity contribution is 0.635. The van der Waals surface area contributed by atoms with Crippen LogP contribution in [0.25, 0.3) is 11.0 Å². The van der Waals surface area contributed by atoms with Gasteiger partial charge in [0.05, 0.1) is 11.6 Å². The van der Waals surface area contributed by atoms with E-state index in [2.05, 4.69) is 9.97 Å². The molecule has 0 aliphatic heterocycles. The zero-order valence-electron chi connectivity index (χ0n) is 5.53. The number of nitrogens with two attached hydrogens (primary N) is 1. The minimum Gasteiger partial charge on any atom is -0.338 e. The van der Waals surface area contributed by atoms with Crippen molar-refractivity contribution in [2.75, 3.05) is 5.84 Å². The molecule has 2 aromatic heterocycles. The summed E-state index contributed by atoms with van der Waals surface area (Å²) in [6.07, 6.45) is 3.88. The second-order valence-corrected chi connectivity index (χ2v) is 2.14. The summed E-state index contributed by atoms with van der Waals surface area (Å²) in [6.45, 7) is 0. The zero-order valence-corrected chi connectivity index (χ0v) is 5.53. The van der Waals surface area contributed by atoms with Crippen molar-refractivity contribution in [2.24, 2.45) is 0 Å². The van der Waals surface area contributed by atoms with Crippen LogP contribution in [-0.4, -0.2) is 14.6 Å². The van der Waals surface area contributed by atoms with Gasteiger partial charge in [-0.15, -0.1) is 0 Å². The first-order valence-electron chi connectivity index (χ1n) is 3.00. The fourth-order valence-electron chi connectivity index (χ4n) is 0.950. The Kier molecular flexibility index (Phi) is 1.06. The van der Waals surface area contributed by atoms with Crippen molar-refractivity contribution in [1.82, 2.24) is 14.6 Å². The standard InChI is InChI=1S/C6H5FN4/c7-5-2-11(8)6-4(5)1-9-3-10-6/h1-3H,8H2. The highest BCUT2D eigenvalue weighted by atomic mass is 19.1. The van der Waals surface area contributed by atoms with Crippen LogP contribution in [0.1, 0.15) is 0 Å². The maximum atomic E-state index is 12.8. The van der Waals surface area contributed by atoms with Gasteiger partial charge in [0, 0.05) is 6.20 Å². The molecular weight excluding hydrogens is 147 g/mol. The minimum atomic E-state index is -0.400. The highest BCUT2D eigenvalue weighted by Gasteiger charge is 2.05. The van der Waals surface area contributed by atoms with Crippen molar-refractivity contribution in [2.45, 2.75) is 0 Å². The van der Waals surface area contributed by atoms with Crippen molar-refractivity contribution >= 4 is 11.0 Å². The number of nitrogen functional groups attached to an aromatic ring is 1. The average Bonchev–Trinajstić information content (AvgIpc) is 2.30. The van der Waals surface area contributed by atoms with Crippen LogP contribution >= 0.6 is 0 Å². The molecule has 4 nitrogen and oxygen atoms in total. The summed E-state index contributed by atoms with van der Waals surface area (Å²) < 4.78 is 14.0. The molecule has 0 aliphatic rings. The first-order chi connectivity index (χ1) is 5.29. The van der Waals surface area contributed by atoms with E-state index in [1.54, 1.807) is 0 Å². The first kappa shape index (κ1) is 6.09. The minimum absolute atomic E-state index is 0.343. The van der Waals surface area contributed by atoms with E-state index in [1.165, 1.54) is 18.7 Å². The highest BCUT2D eigenvalue weighted by Crippen LogP contribution is 2.13. The van der Waals surface area contributed by atoms with Gasteiger partial charge in [-0.3, -0.25) is 0 Å². The molecule has 0 radical (unpaired) electrons.